The van der Waals surface area contributed by atoms with Crippen LogP contribution in [0.3, 0.4) is 0 Å². The lowest BCUT2D eigenvalue weighted by Gasteiger charge is -2.24. The third-order valence-corrected chi connectivity index (χ3v) is 5.55. The highest BCUT2D eigenvalue weighted by atomic mass is 16.2. The number of hydrogen-bond donors (Lipinski definition) is 2. The van der Waals surface area contributed by atoms with Crippen LogP contribution in [0.25, 0.3) is 0 Å². The Morgan fingerprint density at radius 3 is 2.83 bits per heavy atom. The first-order valence-electron chi connectivity index (χ1n) is 10.1. The van der Waals surface area contributed by atoms with Crippen molar-refractivity contribution in [3.05, 3.63) is 40.6 Å². The number of aryl methyl sites for hydroxylation is 1. The monoisotopic (exact) mass is 398 g/mol. The van der Waals surface area contributed by atoms with Crippen molar-refractivity contribution in [2.75, 3.05) is 25.9 Å². The van der Waals surface area contributed by atoms with E-state index >= 15 is 0 Å². The maximum Gasteiger partial charge on any atom is 0.270 e. The quantitative estimate of drug-likeness (QED) is 0.692. The molecule has 0 aromatic carbocycles. The summed E-state index contributed by atoms with van der Waals surface area (Å²) in [5, 5.41) is 0. The minimum absolute atomic E-state index is 0.00224. The molecule has 2 aromatic rings. The van der Waals surface area contributed by atoms with Gasteiger partial charge in [0, 0.05) is 36.6 Å². The molecule has 8 nitrogen and oxygen atoms in total. The standard InChI is InChI=1S/C21H30N6O2/c1-5-6-16-19(14(3)28)13(2)24-20(16)21(29)27-10-8-15(11-27)26(4)12-18-23-9-7-17(22)25-18/h7,9,15,24H,5-6,8,10-12H2,1-4H3,(H2,22,23,25). The average Bonchev–Trinajstić information content (AvgIpc) is 3.27. The molecular formula is C21H30N6O2. The first-order valence-corrected chi connectivity index (χ1v) is 10.1. The number of amides is 1. The summed E-state index contributed by atoms with van der Waals surface area (Å²) in [6, 6.07) is 1.89. The number of nitrogens with one attached hydrogen (secondary N) is 1. The number of carbonyl (C=O) groups excluding carboxylic acids is 2. The van der Waals surface area contributed by atoms with Crippen molar-refractivity contribution in [1.82, 2.24) is 24.8 Å². The SMILES string of the molecule is CCCc1c(C(=O)N2CCC(N(C)Cc3nccc(N)n3)C2)[nH]c(C)c1C(C)=O. The molecule has 1 aliphatic heterocycles. The second kappa shape index (κ2) is 8.73. The molecule has 1 atom stereocenters. The van der Waals surface area contributed by atoms with Crippen LogP contribution in [0.15, 0.2) is 12.3 Å². The maximum atomic E-state index is 13.2. The van der Waals surface area contributed by atoms with E-state index in [9.17, 15) is 9.59 Å². The number of rotatable bonds is 7. The van der Waals surface area contributed by atoms with Crippen LogP contribution in [0.5, 0.6) is 0 Å². The summed E-state index contributed by atoms with van der Waals surface area (Å²) in [6.07, 6.45) is 4.13. The van der Waals surface area contributed by atoms with Crippen molar-refractivity contribution in [1.29, 1.82) is 0 Å². The largest absolute Gasteiger partial charge is 0.384 e. The van der Waals surface area contributed by atoms with Gasteiger partial charge in [0.15, 0.2) is 5.78 Å². The molecule has 2 aromatic heterocycles. The van der Waals surface area contributed by atoms with Gasteiger partial charge in [-0.25, -0.2) is 9.97 Å². The molecular weight excluding hydrogens is 368 g/mol. The number of nitrogens with zero attached hydrogens (tertiary/aromatic N) is 4. The van der Waals surface area contributed by atoms with Gasteiger partial charge in [-0.1, -0.05) is 13.3 Å². The van der Waals surface area contributed by atoms with Gasteiger partial charge in [0.25, 0.3) is 5.91 Å². The van der Waals surface area contributed by atoms with Crippen LogP contribution in [0, 0.1) is 6.92 Å². The third kappa shape index (κ3) is 4.48. The van der Waals surface area contributed by atoms with Crippen molar-refractivity contribution in [2.24, 2.45) is 0 Å². The van der Waals surface area contributed by atoms with Crippen LogP contribution < -0.4 is 5.73 Å². The average molecular weight is 399 g/mol. The summed E-state index contributed by atoms with van der Waals surface area (Å²) < 4.78 is 0. The Morgan fingerprint density at radius 2 is 2.17 bits per heavy atom. The van der Waals surface area contributed by atoms with E-state index in [1.54, 1.807) is 19.2 Å². The van der Waals surface area contributed by atoms with Crippen LogP contribution in [0.2, 0.25) is 0 Å². The van der Waals surface area contributed by atoms with E-state index < -0.39 is 0 Å². The molecule has 1 saturated heterocycles. The molecule has 0 saturated carbocycles. The number of Topliss-reactive ketones (excluding diaryl/α,β-unsaturated/α-hetero) is 1. The molecule has 1 aliphatic rings. The Labute approximate surface area is 171 Å². The molecule has 0 spiro atoms. The van der Waals surface area contributed by atoms with Gasteiger partial charge in [0.1, 0.15) is 17.3 Å². The number of ketones is 1. The maximum absolute atomic E-state index is 13.2. The number of nitrogen functional groups attached to an aromatic ring is 1. The van der Waals surface area contributed by atoms with Gasteiger partial charge in [-0.3, -0.25) is 14.5 Å². The van der Waals surface area contributed by atoms with Crippen LogP contribution in [0.4, 0.5) is 5.82 Å². The number of likely N-dealkylation sites (N-methyl/N-ethyl adjacent to an activating group) is 1. The normalized spacial score (nSPS) is 16.6. The summed E-state index contributed by atoms with van der Waals surface area (Å²) in [6.45, 7) is 7.37. The molecule has 0 radical (unpaired) electrons. The smallest absolute Gasteiger partial charge is 0.270 e. The fourth-order valence-electron chi connectivity index (χ4n) is 4.12. The predicted octanol–water partition coefficient (Wildman–Crippen LogP) is 2.20. The molecule has 1 fully saturated rings. The van der Waals surface area contributed by atoms with Crippen LogP contribution in [-0.2, 0) is 13.0 Å². The van der Waals surface area contributed by atoms with Crippen molar-refractivity contribution in [3.8, 4) is 0 Å². The molecule has 29 heavy (non-hydrogen) atoms. The van der Waals surface area contributed by atoms with Crippen molar-refractivity contribution in [3.63, 3.8) is 0 Å². The first-order chi connectivity index (χ1) is 13.8. The van der Waals surface area contributed by atoms with E-state index in [-0.39, 0.29) is 17.7 Å². The second-order valence-corrected chi connectivity index (χ2v) is 7.79. The molecule has 3 N–H and O–H groups in total. The van der Waals surface area contributed by atoms with Gasteiger partial charge in [0.05, 0.1) is 6.54 Å². The van der Waals surface area contributed by atoms with E-state index in [0.29, 0.717) is 49.0 Å². The fourth-order valence-corrected chi connectivity index (χ4v) is 4.12. The molecule has 8 heteroatoms. The summed E-state index contributed by atoms with van der Waals surface area (Å²) in [5.41, 5.74) is 8.60. The zero-order valence-electron chi connectivity index (χ0n) is 17.7. The summed E-state index contributed by atoms with van der Waals surface area (Å²) >= 11 is 0. The van der Waals surface area contributed by atoms with Crippen LogP contribution in [-0.4, -0.2) is 62.6 Å². The van der Waals surface area contributed by atoms with Gasteiger partial charge in [0.2, 0.25) is 0 Å². The van der Waals surface area contributed by atoms with E-state index in [0.717, 1.165) is 24.1 Å². The van der Waals surface area contributed by atoms with Gasteiger partial charge >= 0.3 is 0 Å². The Bertz CT molecular complexity index is 907. The van der Waals surface area contributed by atoms with Gasteiger partial charge < -0.3 is 15.6 Å². The molecule has 156 valence electrons. The zero-order chi connectivity index (χ0) is 21.1. The number of aromatic amines is 1. The number of nitrogens with two attached hydrogens (primary N) is 1. The number of carbonyl (C=O) groups is 2. The summed E-state index contributed by atoms with van der Waals surface area (Å²) in [4.78, 5) is 41.0. The Hall–Kier alpha value is -2.74. The summed E-state index contributed by atoms with van der Waals surface area (Å²) in [5.74, 6) is 1.11. The number of likely N-dealkylation sites (tertiary alicyclic amines) is 1. The Morgan fingerprint density at radius 1 is 1.41 bits per heavy atom. The van der Waals surface area contributed by atoms with E-state index in [2.05, 4.69) is 26.8 Å². The van der Waals surface area contributed by atoms with E-state index in [1.165, 1.54) is 0 Å². The van der Waals surface area contributed by atoms with Gasteiger partial charge in [-0.05, 0) is 45.4 Å². The minimum atomic E-state index is -0.0276. The third-order valence-electron chi connectivity index (χ3n) is 5.55. The van der Waals surface area contributed by atoms with Crippen LogP contribution in [0.1, 0.15) is 64.6 Å². The second-order valence-electron chi connectivity index (χ2n) is 7.79. The molecule has 0 bridgehead atoms. The van der Waals surface area contributed by atoms with Crippen molar-refractivity contribution >= 4 is 17.5 Å². The van der Waals surface area contributed by atoms with E-state index in [4.69, 9.17) is 5.73 Å². The van der Waals surface area contributed by atoms with Crippen LogP contribution >= 0.6 is 0 Å². The van der Waals surface area contributed by atoms with Gasteiger partial charge in [-0.15, -0.1) is 0 Å². The first kappa shape index (κ1) is 21.0. The molecule has 1 amide bonds. The van der Waals surface area contributed by atoms with Gasteiger partial charge in [-0.2, -0.15) is 0 Å². The van der Waals surface area contributed by atoms with Crippen molar-refractivity contribution in [2.45, 2.75) is 52.6 Å². The highest BCUT2D eigenvalue weighted by molar-refractivity contribution is 6.02. The molecule has 3 rings (SSSR count). The van der Waals surface area contributed by atoms with Crippen molar-refractivity contribution < 1.29 is 9.59 Å². The number of anilines is 1. The van der Waals surface area contributed by atoms with E-state index in [1.807, 2.05) is 18.9 Å². The predicted molar refractivity (Wildman–Crippen MR) is 112 cm³/mol. The lowest BCUT2D eigenvalue weighted by Crippen LogP contribution is -2.37. The zero-order valence-corrected chi connectivity index (χ0v) is 17.7. The fraction of sp³-hybridized carbons (Fsp3) is 0.524. The molecule has 3 heterocycles. The lowest BCUT2D eigenvalue weighted by molar-refractivity contribution is 0.0773. The highest BCUT2D eigenvalue weighted by Crippen LogP contribution is 2.25. The minimum Gasteiger partial charge on any atom is -0.384 e. The number of H-pyrrole nitrogens is 1. The number of hydrogen-bond acceptors (Lipinski definition) is 6. The topological polar surface area (TPSA) is 108 Å². The Balaban J connectivity index is 1.72. The molecule has 1 unspecified atom stereocenters. The highest BCUT2D eigenvalue weighted by Gasteiger charge is 2.32. The lowest BCUT2D eigenvalue weighted by atomic mass is 10.0. The summed E-state index contributed by atoms with van der Waals surface area (Å²) in [7, 11) is 2.01. The molecule has 0 aliphatic carbocycles. The Kier molecular flexibility index (Phi) is 6.32. The number of aromatic nitrogens is 3.